The first kappa shape index (κ1) is 26.2. The van der Waals surface area contributed by atoms with Gasteiger partial charge in [-0.05, 0) is 22.4 Å². The van der Waals surface area contributed by atoms with E-state index in [9.17, 15) is 19.5 Å². The monoisotopic (exact) mass is 509 g/mol. The molecule has 0 saturated carbocycles. The van der Waals surface area contributed by atoms with Crippen LogP contribution >= 0.6 is 0 Å². The van der Waals surface area contributed by atoms with Gasteiger partial charge in [0.25, 0.3) is 0 Å². The van der Waals surface area contributed by atoms with Crippen LogP contribution in [0.25, 0.3) is 34.7 Å². The second-order valence-electron chi connectivity index (χ2n) is 8.82. The molecule has 38 heavy (non-hydrogen) atoms. The molecule has 0 amide bonds. The summed E-state index contributed by atoms with van der Waals surface area (Å²) in [5.74, 6) is -2.68. The predicted molar refractivity (Wildman–Crippen MR) is 145 cm³/mol. The molecular formula is C31H27NO6. The summed E-state index contributed by atoms with van der Waals surface area (Å²) in [5.41, 5.74) is 2.38. The molecule has 5 rings (SSSR count). The van der Waals surface area contributed by atoms with E-state index in [-0.39, 0.29) is 18.0 Å². The van der Waals surface area contributed by atoms with Crippen molar-refractivity contribution >= 4 is 30.0 Å². The standard InChI is InChI=1S/C17H12O3.C14H15NO3/c18-17(19)15-14(12-7-3-1-4-8-12)11-20-16(15)13-9-5-2-6-10-13;1-15-9-11-5-3-2-4-10(11)8-12(15)6-7-13(16)14(17)18/h1-11H,(H,18,19);2-5,8-9,12H,6-7H2,1H3,(H,17,18). The van der Waals surface area contributed by atoms with Gasteiger partial charge in [-0.3, -0.25) is 4.79 Å². The third kappa shape index (κ3) is 6.07. The Hall–Kier alpha value is -4.91. The summed E-state index contributed by atoms with van der Waals surface area (Å²) in [6.07, 6.45) is 6.18. The van der Waals surface area contributed by atoms with Gasteiger partial charge in [0.05, 0.1) is 6.26 Å². The number of carboxylic acids is 2. The molecule has 0 spiro atoms. The van der Waals surface area contributed by atoms with Gasteiger partial charge in [-0.15, -0.1) is 0 Å². The summed E-state index contributed by atoms with van der Waals surface area (Å²) in [4.78, 5) is 35.2. The summed E-state index contributed by atoms with van der Waals surface area (Å²) in [6, 6.07) is 26.7. The van der Waals surface area contributed by atoms with Crippen LogP contribution in [0.5, 0.6) is 0 Å². The number of fused-ring (bicyclic) bond motifs is 1. The number of ketones is 1. The van der Waals surface area contributed by atoms with E-state index in [0.717, 1.165) is 21.6 Å². The Labute approximate surface area is 219 Å². The maximum atomic E-state index is 11.6. The van der Waals surface area contributed by atoms with Crippen LogP contribution in [-0.4, -0.2) is 45.9 Å². The SMILES string of the molecule is CN1C=c2ccccc2=CC1CCC(=O)C(=O)O.O=C(O)c1c(-c2ccccc2)coc1-c1ccccc1. The predicted octanol–water partition coefficient (Wildman–Crippen LogP) is 4.26. The van der Waals surface area contributed by atoms with E-state index in [1.165, 1.54) is 6.26 Å². The summed E-state index contributed by atoms with van der Waals surface area (Å²) in [7, 11) is 1.93. The molecule has 0 fully saturated rings. The third-order valence-electron chi connectivity index (χ3n) is 6.27. The number of Topliss-reactive ketones (excluding diaryl/α,β-unsaturated/α-hetero) is 1. The molecule has 1 aliphatic rings. The smallest absolute Gasteiger partial charge is 0.372 e. The maximum absolute atomic E-state index is 11.6. The Balaban J connectivity index is 0.000000178. The van der Waals surface area contributed by atoms with Crippen LogP contribution < -0.4 is 10.4 Å². The number of carbonyl (C=O) groups excluding carboxylic acids is 1. The van der Waals surface area contributed by atoms with Gasteiger partial charge in [-0.1, -0.05) is 91.0 Å². The molecule has 1 aromatic heterocycles. The molecule has 2 heterocycles. The number of rotatable bonds is 7. The number of furan rings is 1. The topological polar surface area (TPSA) is 108 Å². The number of benzene rings is 3. The van der Waals surface area contributed by atoms with Crippen molar-refractivity contribution in [1.82, 2.24) is 4.90 Å². The number of aromatic carboxylic acids is 1. The molecule has 7 heteroatoms. The Morgan fingerprint density at radius 3 is 2.00 bits per heavy atom. The van der Waals surface area contributed by atoms with Crippen LogP contribution in [0.15, 0.2) is 95.6 Å². The fraction of sp³-hybridized carbons (Fsp3) is 0.129. The minimum atomic E-state index is -1.35. The molecular weight excluding hydrogens is 482 g/mol. The van der Waals surface area contributed by atoms with Crippen LogP contribution in [-0.2, 0) is 9.59 Å². The molecule has 7 nitrogen and oxygen atoms in total. The highest BCUT2D eigenvalue weighted by Gasteiger charge is 2.22. The highest BCUT2D eigenvalue weighted by atomic mass is 16.4. The largest absolute Gasteiger partial charge is 0.478 e. The van der Waals surface area contributed by atoms with Crippen LogP contribution in [0.3, 0.4) is 0 Å². The minimum absolute atomic E-state index is 0.0663. The van der Waals surface area contributed by atoms with Crippen molar-refractivity contribution in [3.05, 3.63) is 107 Å². The van der Waals surface area contributed by atoms with Gasteiger partial charge in [0.2, 0.25) is 5.78 Å². The van der Waals surface area contributed by atoms with E-state index < -0.39 is 17.7 Å². The van der Waals surface area contributed by atoms with Gasteiger partial charge >= 0.3 is 11.9 Å². The lowest BCUT2D eigenvalue weighted by Gasteiger charge is -2.26. The van der Waals surface area contributed by atoms with Gasteiger partial charge < -0.3 is 19.5 Å². The van der Waals surface area contributed by atoms with E-state index in [1.807, 2.05) is 103 Å². The van der Waals surface area contributed by atoms with Crippen molar-refractivity contribution in [2.45, 2.75) is 18.9 Å². The maximum Gasteiger partial charge on any atom is 0.372 e. The molecule has 0 saturated heterocycles. The van der Waals surface area contributed by atoms with Crippen LogP contribution in [0.4, 0.5) is 0 Å². The molecule has 192 valence electrons. The quantitative estimate of drug-likeness (QED) is 0.358. The third-order valence-corrected chi connectivity index (χ3v) is 6.27. The van der Waals surface area contributed by atoms with Gasteiger partial charge in [0.1, 0.15) is 11.3 Å². The molecule has 0 bridgehead atoms. The highest BCUT2D eigenvalue weighted by Crippen LogP contribution is 2.34. The molecule has 2 N–H and O–H groups in total. The molecule has 1 atom stereocenters. The number of carbonyl (C=O) groups is 3. The van der Waals surface area contributed by atoms with Crippen molar-refractivity contribution in [2.24, 2.45) is 0 Å². The van der Waals surface area contributed by atoms with Gasteiger partial charge in [-0.25, -0.2) is 9.59 Å². The fourth-order valence-electron chi connectivity index (χ4n) is 4.30. The zero-order chi connectivity index (χ0) is 27.1. The molecule has 0 aliphatic carbocycles. The molecule has 1 unspecified atom stereocenters. The summed E-state index contributed by atoms with van der Waals surface area (Å²) in [5, 5.41) is 20.3. The van der Waals surface area contributed by atoms with Crippen molar-refractivity contribution in [3.63, 3.8) is 0 Å². The lowest BCUT2D eigenvalue weighted by Crippen LogP contribution is -2.39. The van der Waals surface area contributed by atoms with E-state index in [1.54, 1.807) is 0 Å². The number of aliphatic carboxylic acids is 1. The second-order valence-corrected chi connectivity index (χ2v) is 8.82. The molecule has 3 aromatic carbocycles. The van der Waals surface area contributed by atoms with E-state index >= 15 is 0 Å². The molecule has 1 aliphatic heterocycles. The zero-order valence-corrected chi connectivity index (χ0v) is 20.8. The first-order valence-corrected chi connectivity index (χ1v) is 12.1. The number of nitrogens with zero attached hydrogens (tertiary/aromatic N) is 1. The minimum Gasteiger partial charge on any atom is -0.478 e. The normalized spacial score (nSPS) is 13.7. The van der Waals surface area contributed by atoms with Crippen molar-refractivity contribution < 1.29 is 29.0 Å². The average Bonchev–Trinajstić information content (AvgIpc) is 3.39. The second kappa shape index (κ2) is 11.9. The Morgan fingerprint density at radius 1 is 0.816 bits per heavy atom. The van der Waals surface area contributed by atoms with E-state index in [0.29, 0.717) is 17.7 Å². The molecule has 4 aromatic rings. The Kier molecular flexibility index (Phi) is 8.18. The highest BCUT2D eigenvalue weighted by molar-refractivity contribution is 6.32. The average molecular weight is 510 g/mol. The van der Waals surface area contributed by atoms with Gasteiger partial charge in [0.15, 0.2) is 0 Å². The number of carboxylic acid groups (broad SMARTS) is 2. The first-order valence-electron chi connectivity index (χ1n) is 12.1. The summed E-state index contributed by atoms with van der Waals surface area (Å²) >= 11 is 0. The van der Waals surface area contributed by atoms with E-state index in [2.05, 4.69) is 6.08 Å². The van der Waals surface area contributed by atoms with Crippen LogP contribution in [0.1, 0.15) is 23.2 Å². The van der Waals surface area contributed by atoms with Crippen molar-refractivity contribution in [3.8, 4) is 22.5 Å². The number of hydrogen-bond donors (Lipinski definition) is 2. The Morgan fingerprint density at radius 2 is 1.39 bits per heavy atom. The van der Waals surface area contributed by atoms with Gasteiger partial charge in [0, 0.05) is 36.8 Å². The first-order chi connectivity index (χ1) is 18.3. The van der Waals surface area contributed by atoms with Crippen molar-refractivity contribution in [1.29, 1.82) is 0 Å². The van der Waals surface area contributed by atoms with Crippen LogP contribution in [0.2, 0.25) is 0 Å². The Bertz CT molecular complexity index is 1500. The lowest BCUT2D eigenvalue weighted by molar-refractivity contribution is -0.149. The van der Waals surface area contributed by atoms with E-state index in [4.69, 9.17) is 9.52 Å². The lowest BCUT2D eigenvalue weighted by atomic mass is 10.0. The zero-order valence-electron chi connectivity index (χ0n) is 20.8. The fourth-order valence-corrected chi connectivity index (χ4v) is 4.30. The molecule has 0 radical (unpaired) electrons. The summed E-state index contributed by atoms with van der Waals surface area (Å²) in [6.45, 7) is 0. The van der Waals surface area contributed by atoms with Crippen LogP contribution in [0, 0.1) is 0 Å². The van der Waals surface area contributed by atoms with Gasteiger partial charge in [-0.2, -0.15) is 0 Å². The van der Waals surface area contributed by atoms with Crippen molar-refractivity contribution in [2.75, 3.05) is 7.05 Å². The number of hydrogen-bond acceptors (Lipinski definition) is 5. The summed E-state index contributed by atoms with van der Waals surface area (Å²) < 4.78 is 5.52.